The average Bonchev–Trinajstić information content (AvgIpc) is 2.35. The Hall–Kier alpha value is -1.53. The number of aliphatic hydroxyl groups is 1. The van der Waals surface area contributed by atoms with Gasteiger partial charge in [0.1, 0.15) is 0 Å². The molecule has 2 rings (SSSR count). The highest BCUT2D eigenvalue weighted by Gasteiger charge is 2.24. The smallest absolute Gasteiger partial charge is 0.251 e. The molecule has 0 saturated carbocycles. The first-order valence-electron chi connectivity index (χ1n) is 5.72. The van der Waals surface area contributed by atoms with Crippen LogP contribution in [0.3, 0.4) is 0 Å². The van der Waals surface area contributed by atoms with Gasteiger partial charge in [0.15, 0.2) is 11.6 Å². The number of amides is 1. The number of piperidine rings is 1. The van der Waals surface area contributed by atoms with Crippen LogP contribution in [0.1, 0.15) is 16.8 Å². The predicted molar refractivity (Wildman–Crippen MR) is 61.1 cm³/mol. The molecule has 1 saturated heterocycles. The fourth-order valence-electron chi connectivity index (χ4n) is 1.90. The molecule has 1 aliphatic heterocycles. The molecule has 18 heavy (non-hydrogen) atoms. The topological polar surface area (TPSA) is 61.4 Å². The summed E-state index contributed by atoms with van der Waals surface area (Å²) in [6, 6.07) is 2.59. The second-order valence-corrected chi connectivity index (χ2v) is 4.27. The maximum atomic E-state index is 13.0. The van der Waals surface area contributed by atoms with Crippen molar-refractivity contribution in [3.05, 3.63) is 35.4 Å². The van der Waals surface area contributed by atoms with E-state index in [1.54, 1.807) is 0 Å². The van der Waals surface area contributed by atoms with E-state index in [9.17, 15) is 18.7 Å². The third-order valence-electron chi connectivity index (χ3n) is 2.95. The van der Waals surface area contributed by atoms with Crippen molar-refractivity contribution in [1.82, 2.24) is 10.6 Å². The lowest BCUT2D eigenvalue weighted by Gasteiger charge is -2.29. The average molecular weight is 256 g/mol. The van der Waals surface area contributed by atoms with E-state index in [1.165, 1.54) is 6.07 Å². The van der Waals surface area contributed by atoms with Crippen LogP contribution in [0.4, 0.5) is 8.78 Å². The third kappa shape index (κ3) is 2.83. The summed E-state index contributed by atoms with van der Waals surface area (Å²) >= 11 is 0. The minimum absolute atomic E-state index is 0.0413. The van der Waals surface area contributed by atoms with Gasteiger partial charge in [0.05, 0.1) is 12.1 Å². The second kappa shape index (κ2) is 5.41. The maximum absolute atomic E-state index is 13.0. The van der Waals surface area contributed by atoms with Crippen molar-refractivity contribution < 1.29 is 18.7 Å². The summed E-state index contributed by atoms with van der Waals surface area (Å²) in [5.74, 6) is -2.57. The molecular formula is C12H14F2N2O2. The van der Waals surface area contributed by atoms with E-state index in [0.717, 1.165) is 12.1 Å². The van der Waals surface area contributed by atoms with Crippen LogP contribution in [0.5, 0.6) is 0 Å². The number of nitrogens with one attached hydrogen (secondary N) is 2. The largest absolute Gasteiger partial charge is 0.390 e. The molecule has 1 amide bonds. The molecule has 0 aliphatic carbocycles. The zero-order valence-corrected chi connectivity index (χ0v) is 9.62. The Morgan fingerprint density at radius 3 is 2.83 bits per heavy atom. The molecule has 1 aliphatic rings. The van der Waals surface area contributed by atoms with Crippen molar-refractivity contribution in [3.63, 3.8) is 0 Å². The van der Waals surface area contributed by atoms with Gasteiger partial charge in [-0.1, -0.05) is 0 Å². The number of carbonyl (C=O) groups excluding carboxylic acids is 1. The van der Waals surface area contributed by atoms with Crippen molar-refractivity contribution in [1.29, 1.82) is 0 Å². The van der Waals surface area contributed by atoms with Crippen LogP contribution in [0.25, 0.3) is 0 Å². The molecule has 0 unspecified atom stereocenters. The lowest BCUT2D eigenvalue weighted by atomic mass is 10.0. The molecule has 1 aromatic rings. The number of hydrogen-bond donors (Lipinski definition) is 3. The normalized spacial score (nSPS) is 23.7. The van der Waals surface area contributed by atoms with E-state index in [0.29, 0.717) is 19.5 Å². The molecule has 6 heteroatoms. The van der Waals surface area contributed by atoms with Gasteiger partial charge in [0.2, 0.25) is 0 Å². The summed E-state index contributed by atoms with van der Waals surface area (Å²) in [4.78, 5) is 11.8. The van der Waals surface area contributed by atoms with Crippen LogP contribution in [-0.4, -0.2) is 36.2 Å². The molecule has 1 fully saturated rings. The van der Waals surface area contributed by atoms with E-state index in [4.69, 9.17) is 0 Å². The Morgan fingerprint density at radius 2 is 2.17 bits per heavy atom. The fourth-order valence-corrected chi connectivity index (χ4v) is 1.90. The van der Waals surface area contributed by atoms with E-state index >= 15 is 0 Å². The van der Waals surface area contributed by atoms with E-state index < -0.39 is 23.6 Å². The van der Waals surface area contributed by atoms with Gasteiger partial charge in [-0.15, -0.1) is 0 Å². The van der Waals surface area contributed by atoms with Gasteiger partial charge in [-0.25, -0.2) is 8.78 Å². The van der Waals surface area contributed by atoms with Crippen molar-refractivity contribution in [3.8, 4) is 0 Å². The van der Waals surface area contributed by atoms with Gasteiger partial charge in [0, 0.05) is 12.1 Å². The Morgan fingerprint density at radius 1 is 1.39 bits per heavy atom. The first kappa shape index (κ1) is 12.9. The maximum Gasteiger partial charge on any atom is 0.251 e. The highest BCUT2D eigenvalue weighted by Crippen LogP contribution is 2.10. The molecule has 4 nitrogen and oxygen atoms in total. The van der Waals surface area contributed by atoms with Crippen molar-refractivity contribution >= 4 is 5.91 Å². The zero-order chi connectivity index (χ0) is 13.1. The van der Waals surface area contributed by atoms with E-state index in [2.05, 4.69) is 10.6 Å². The zero-order valence-electron chi connectivity index (χ0n) is 9.62. The number of benzene rings is 1. The summed E-state index contributed by atoms with van der Waals surface area (Å²) in [7, 11) is 0. The van der Waals surface area contributed by atoms with Crippen LogP contribution < -0.4 is 10.6 Å². The van der Waals surface area contributed by atoms with Crippen LogP contribution in [0, 0.1) is 11.6 Å². The first-order valence-corrected chi connectivity index (χ1v) is 5.72. The van der Waals surface area contributed by atoms with Gasteiger partial charge < -0.3 is 15.7 Å². The number of β-amino-alcohol motifs (C(OH)–C–C–N with tert-alkyl or cyclic N) is 1. The van der Waals surface area contributed by atoms with Gasteiger partial charge in [-0.05, 0) is 31.2 Å². The molecule has 0 aromatic heterocycles. The number of hydrogen-bond acceptors (Lipinski definition) is 3. The summed E-state index contributed by atoms with van der Waals surface area (Å²) in [6.45, 7) is 1.10. The van der Waals surface area contributed by atoms with Crippen molar-refractivity contribution in [2.45, 2.75) is 18.6 Å². The SMILES string of the molecule is O=C(N[C@@H]1CCNC[C@H]1O)c1ccc(F)c(F)c1. The summed E-state index contributed by atoms with van der Waals surface area (Å²) in [5.41, 5.74) is 0.0413. The second-order valence-electron chi connectivity index (χ2n) is 4.27. The molecule has 1 heterocycles. The predicted octanol–water partition coefficient (Wildman–Crippen LogP) is 0.417. The monoisotopic (exact) mass is 256 g/mol. The highest BCUT2D eigenvalue weighted by atomic mass is 19.2. The molecule has 0 bridgehead atoms. The molecule has 98 valence electrons. The minimum atomic E-state index is -1.06. The van der Waals surface area contributed by atoms with Crippen LogP contribution in [-0.2, 0) is 0 Å². The Kier molecular flexibility index (Phi) is 3.88. The Bertz CT molecular complexity index is 454. The van der Waals surface area contributed by atoms with Gasteiger partial charge in [-0.2, -0.15) is 0 Å². The standard InChI is InChI=1S/C12H14F2N2O2/c13-8-2-1-7(5-9(8)14)12(18)16-10-3-4-15-6-11(10)17/h1-2,5,10-11,15,17H,3-4,6H2,(H,16,18)/t10-,11-/m1/s1. The van der Waals surface area contributed by atoms with E-state index in [-0.39, 0.29) is 11.6 Å². The third-order valence-corrected chi connectivity index (χ3v) is 2.95. The first-order chi connectivity index (χ1) is 8.58. The lowest BCUT2D eigenvalue weighted by molar-refractivity contribution is 0.0765. The van der Waals surface area contributed by atoms with Crippen LogP contribution in [0.15, 0.2) is 18.2 Å². The van der Waals surface area contributed by atoms with Crippen LogP contribution >= 0.6 is 0 Å². The van der Waals surface area contributed by atoms with Crippen molar-refractivity contribution in [2.24, 2.45) is 0 Å². The molecular weight excluding hydrogens is 242 g/mol. The lowest BCUT2D eigenvalue weighted by Crippen LogP contribution is -2.52. The molecule has 3 N–H and O–H groups in total. The minimum Gasteiger partial charge on any atom is -0.390 e. The van der Waals surface area contributed by atoms with Gasteiger partial charge >= 0.3 is 0 Å². The van der Waals surface area contributed by atoms with Crippen LogP contribution in [0.2, 0.25) is 0 Å². The Balaban J connectivity index is 2.04. The number of carbonyl (C=O) groups is 1. The number of halogens is 2. The molecule has 1 aromatic carbocycles. The van der Waals surface area contributed by atoms with Crippen molar-refractivity contribution in [2.75, 3.05) is 13.1 Å². The quantitative estimate of drug-likeness (QED) is 0.718. The molecule has 0 spiro atoms. The number of aliphatic hydroxyl groups excluding tert-OH is 1. The summed E-state index contributed by atoms with van der Waals surface area (Å²) in [6.07, 6.45) is -0.0793. The summed E-state index contributed by atoms with van der Waals surface area (Å²) in [5, 5.41) is 15.2. The van der Waals surface area contributed by atoms with Gasteiger partial charge in [0.25, 0.3) is 5.91 Å². The van der Waals surface area contributed by atoms with Gasteiger partial charge in [-0.3, -0.25) is 4.79 Å². The molecule has 2 atom stereocenters. The fraction of sp³-hybridized carbons (Fsp3) is 0.417. The van der Waals surface area contributed by atoms with E-state index in [1.807, 2.05) is 0 Å². The number of rotatable bonds is 2. The Labute approximate surface area is 103 Å². The molecule has 0 radical (unpaired) electrons. The summed E-state index contributed by atoms with van der Waals surface area (Å²) < 4.78 is 25.7. The highest BCUT2D eigenvalue weighted by molar-refractivity contribution is 5.94.